The van der Waals surface area contributed by atoms with Crippen molar-refractivity contribution in [1.29, 1.82) is 0 Å². The molecule has 0 aliphatic heterocycles. The minimum absolute atomic E-state index is 1.25. The Balaban J connectivity index is 1.42. The smallest absolute Gasteiger partial charge is 0.0640 e. The zero-order chi connectivity index (χ0) is 25.5. The molecule has 9 aromatic rings. The van der Waals surface area contributed by atoms with Crippen LogP contribution in [0.15, 0.2) is 127 Å². The van der Waals surface area contributed by atoms with Gasteiger partial charge in [0.1, 0.15) is 0 Å². The van der Waals surface area contributed by atoms with E-state index >= 15 is 0 Å². The van der Waals surface area contributed by atoms with Crippen LogP contribution < -0.4 is 0 Å². The highest BCUT2D eigenvalue weighted by Crippen LogP contribution is 2.46. The van der Waals surface area contributed by atoms with Crippen LogP contribution in [-0.4, -0.2) is 4.57 Å². The Morgan fingerprint density at radius 2 is 1.10 bits per heavy atom. The lowest BCUT2D eigenvalue weighted by Gasteiger charge is -2.09. The third kappa shape index (κ3) is 2.94. The lowest BCUT2D eigenvalue weighted by molar-refractivity contribution is 1.20. The average Bonchev–Trinajstić information content (AvgIpc) is 3.67. The maximum atomic E-state index is 2.49. The van der Waals surface area contributed by atoms with Crippen LogP contribution in [0.1, 0.15) is 0 Å². The monoisotopic (exact) mass is 531 g/mol. The van der Waals surface area contributed by atoms with E-state index in [0.717, 1.165) is 0 Å². The zero-order valence-corrected chi connectivity index (χ0v) is 22.5. The molecule has 0 saturated heterocycles. The van der Waals surface area contributed by atoms with Crippen LogP contribution in [0.25, 0.3) is 79.0 Å². The molecule has 3 aromatic heterocycles. The second-order valence-corrected chi connectivity index (χ2v) is 12.2. The van der Waals surface area contributed by atoms with Crippen LogP contribution in [0.3, 0.4) is 0 Å². The lowest BCUT2D eigenvalue weighted by atomic mass is 10.0. The molecule has 9 rings (SSSR count). The standard InChI is InChI=1S/C36H21NS2/c1-2-10-22(11-3-1)23-14-8-15-25-26-16-9-18-31(35(26)39-34(23)25)37-29-17-6-4-13-28(29)33-30(37)21-20-27-24-12-5-7-19-32(24)38-36(27)33/h1-21H. The molecule has 0 unspecified atom stereocenters. The highest BCUT2D eigenvalue weighted by atomic mass is 32.1. The van der Waals surface area contributed by atoms with E-state index < -0.39 is 0 Å². The molecule has 1 nitrogen and oxygen atoms in total. The molecule has 182 valence electrons. The van der Waals surface area contributed by atoms with Gasteiger partial charge in [-0.05, 0) is 35.4 Å². The van der Waals surface area contributed by atoms with Gasteiger partial charge in [0, 0.05) is 46.4 Å². The lowest BCUT2D eigenvalue weighted by Crippen LogP contribution is -1.93. The third-order valence-electron chi connectivity index (χ3n) is 8.01. The van der Waals surface area contributed by atoms with Gasteiger partial charge in [-0.2, -0.15) is 0 Å². The van der Waals surface area contributed by atoms with Crippen molar-refractivity contribution in [2.75, 3.05) is 0 Å². The molecule has 0 aliphatic carbocycles. The molecular weight excluding hydrogens is 511 g/mol. The molecule has 0 atom stereocenters. The summed E-state index contributed by atoms with van der Waals surface area (Å²) in [6.45, 7) is 0. The molecule has 0 aliphatic rings. The largest absolute Gasteiger partial charge is 0.308 e. The summed E-state index contributed by atoms with van der Waals surface area (Å²) in [4.78, 5) is 0. The normalized spacial score (nSPS) is 12.1. The Bertz CT molecular complexity index is 2390. The summed E-state index contributed by atoms with van der Waals surface area (Å²) in [5, 5.41) is 8.00. The van der Waals surface area contributed by atoms with Crippen LogP contribution in [0.2, 0.25) is 0 Å². The van der Waals surface area contributed by atoms with E-state index in [2.05, 4.69) is 132 Å². The number of hydrogen-bond donors (Lipinski definition) is 0. The van der Waals surface area contributed by atoms with Gasteiger partial charge in [0.2, 0.25) is 0 Å². The summed E-state index contributed by atoms with van der Waals surface area (Å²) in [5.74, 6) is 0. The number of hydrogen-bond acceptors (Lipinski definition) is 2. The third-order valence-corrected chi connectivity index (χ3v) is 10.5. The fourth-order valence-corrected chi connectivity index (χ4v) is 8.92. The molecular formula is C36H21NS2. The quantitative estimate of drug-likeness (QED) is 0.209. The number of aromatic nitrogens is 1. The number of fused-ring (bicyclic) bond motifs is 10. The SMILES string of the molecule is c1ccc(-c2cccc3c2sc2c(-n4c5ccccc5c5c6sc7ccccc7c6ccc54)cccc23)cc1. The van der Waals surface area contributed by atoms with Gasteiger partial charge >= 0.3 is 0 Å². The molecule has 39 heavy (non-hydrogen) atoms. The van der Waals surface area contributed by atoms with Gasteiger partial charge in [-0.1, -0.05) is 103 Å². The maximum absolute atomic E-state index is 2.49. The van der Waals surface area contributed by atoms with Crippen LogP contribution >= 0.6 is 22.7 Å². The first-order valence-electron chi connectivity index (χ1n) is 13.2. The molecule has 0 N–H and O–H groups in total. The number of nitrogens with zero attached hydrogens (tertiary/aromatic N) is 1. The second kappa shape index (κ2) is 8.03. The van der Waals surface area contributed by atoms with Crippen molar-refractivity contribution in [1.82, 2.24) is 4.57 Å². The molecule has 0 bridgehead atoms. The van der Waals surface area contributed by atoms with Gasteiger partial charge in [-0.25, -0.2) is 0 Å². The number of rotatable bonds is 2. The highest BCUT2D eigenvalue weighted by molar-refractivity contribution is 7.27. The average molecular weight is 532 g/mol. The summed E-state index contributed by atoms with van der Waals surface area (Å²) in [6, 6.07) is 46.6. The van der Waals surface area contributed by atoms with E-state index in [1.54, 1.807) is 0 Å². The molecule has 0 radical (unpaired) electrons. The second-order valence-electron chi connectivity index (χ2n) is 10.1. The van der Waals surface area contributed by atoms with E-state index in [0.29, 0.717) is 0 Å². The van der Waals surface area contributed by atoms with E-state index in [9.17, 15) is 0 Å². The molecule has 3 heteroatoms. The van der Waals surface area contributed by atoms with Crippen molar-refractivity contribution in [2.45, 2.75) is 0 Å². The Morgan fingerprint density at radius 1 is 0.410 bits per heavy atom. The van der Waals surface area contributed by atoms with E-state index in [-0.39, 0.29) is 0 Å². The fraction of sp³-hybridized carbons (Fsp3) is 0. The number of benzene rings is 6. The number of thiophene rings is 2. The summed E-state index contributed by atoms with van der Waals surface area (Å²) in [7, 11) is 0. The van der Waals surface area contributed by atoms with Crippen LogP contribution in [0, 0.1) is 0 Å². The first-order chi connectivity index (χ1) is 19.4. The minimum Gasteiger partial charge on any atom is -0.308 e. The van der Waals surface area contributed by atoms with Crippen molar-refractivity contribution in [3.8, 4) is 16.8 Å². The van der Waals surface area contributed by atoms with E-state index in [4.69, 9.17) is 0 Å². The van der Waals surface area contributed by atoms with Gasteiger partial charge in [-0.3, -0.25) is 0 Å². The summed E-state index contributed by atoms with van der Waals surface area (Å²) in [6.07, 6.45) is 0. The van der Waals surface area contributed by atoms with E-state index in [1.807, 2.05) is 22.7 Å². The van der Waals surface area contributed by atoms with Crippen LogP contribution in [0.5, 0.6) is 0 Å². The van der Waals surface area contributed by atoms with Crippen molar-refractivity contribution in [3.63, 3.8) is 0 Å². The Hall–Kier alpha value is -4.44. The van der Waals surface area contributed by atoms with Gasteiger partial charge in [0.25, 0.3) is 0 Å². The van der Waals surface area contributed by atoms with E-state index in [1.165, 1.54) is 79.0 Å². The zero-order valence-electron chi connectivity index (χ0n) is 20.9. The van der Waals surface area contributed by atoms with Gasteiger partial charge < -0.3 is 4.57 Å². The summed E-state index contributed by atoms with van der Waals surface area (Å²) < 4.78 is 7.89. The summed E-state index contributed by atoms with van der Waals surface area (Å²) in [5.41, 5.74) is 6.34. The van der Waals surface area contributed by atoms with Gasteiger partial charge in [0.05, 0.1) is 21.4 Å². The van der Waals surface area contributed by atoms with Crippen molar-refractivity contribution >= 4 is 84.8 Å². The van der Waals surface area contributed by atoms with Crippen molar-refractivity contribution < 1.29 is 0 Å². The summed E-state index contributed by atoms with van der Waals surface area (Å²) >= 11 is 3.83. The highest BCUT2D eigenvalue weighted by Gasteiger charge is 2.20. The predicted molar refractivity (Wildman–Crippen MR) is 172 cm³/mol. The molecule has 0 saturated carbocycles. The fourth-order valence-electron chi connectivity index (χ4n) is 6.32. The van der Waals surface area contributed by atoms with Gasteiger partial charge in [-0.15, -0.1) is 22.7 Å². The Kier molecular flexibility index (Phi) is 4.43. The minimum atomic E-state index is 1.25. The van der Waals surface area contributed by atoms with Gasteiger partial charge in [0.15, 0.2) is 0 Å². The first-order valence-corrected chi connectivity index (χ1v) is 14.8. The van der Waals surface area contributed by atoms with Crippen LogP contribution in [-0.2, 0) is 0 Å². The molecule has 6 aromatic carbocycles. The topological polar surface area (TPSA) is 4.93 Å². The molecule has 0 fully saturated rings. The van der Waals surface area contributed by atoms with Crippen molar-refractivity contribution in [2.24, 2.45) is 0 Å². The Morgan fingerprint density at radius 3 is 2.00 bits per heavy atom. The predicted octanol–water partition coefficient (Wildman–Crippen LogP) is 11.2. The van der Waals surface area contributed by atoms with Crippen molar-refractivity contribution in [3.05, 3.63) is 127 Å². The first kappa shape index (κ1) is 21.5. The molecule has 3 heterocycles. The Labute approximate surface area is 232 Å². The van der Waals surface area contributed by atoms with Crippen LogP contribution in [0.4, 0.5) is 0 Å². The molecule has 0 spiro atoms. The molecule has 0 amide bonds. The number of para-hydroxylation sites is 1. The maximum Gasteiger partial charge on any atom is 0.0640 e.